The molecule has 0 bridgehead atoms. The number of carbonyl (C=O) groups is 2. The first-order valence-electron chi connectivity index (χ1n) is 4.91. The Labute approximate surface area is 97.9 Å². The van der Waals surface area contributed by atoms with Crippen molar-refractivity contribution in [1.82, 2.24) is 5.32 Å². The molecule has 2 N–H and O–H groups in total. The van der Waals surface area contributed by atoms with E-state index in [2.05, 4.69) is 16.6 Å². The number of hydrogen-bond donors (Lipinski definition) is 2. The number of amides is 1. The second-order valence-electron chi connectivity index (χ2n) is 3.26. The minimum Gasteiger partial charge on any atom is -0.480 e. The summed E-state index contributed by atoms with van der Waals surface area (Å²) in [5, 5.41) is 11.2. The van der Waals surface area contributed by atoms with Crippen molar-refractivity contribution >= 4 is 12.1 Å². The number of aliphatic carboxylic acids is 1. The van der Waals surface area contributed by atoms with E-state index in [1.165, 1.54) is 18.6 Å². The van der Waals surface area contributed by atoms with Crippen LogP contribution in [0.5, 0.6) is 0 Å². The fourth-order valence-electron chi connectivity index (χ4n) is 1.16. The molecular weight excluding hydrogens is 226 g/mol. The first kappa shape index (κ1) is 12.8. The lowest BCUT2D eigenvalue weighted by Gasteiger charge is -2.12. The van der Waals surface area contributed by atoms with E-state index in [1.807, 2.05) is 0 Å². The smallest absolute Gasteiger partial charge is 0.408 e. The molecule has 6 nitrogen and oxygen atoms in total. The number of alkyl carbamates (subject to hydrolysis) is 1. The molecule has 0 aliphatic carbocycles. The number of hydrogen-bond acceptors (Lipinski definition) is 4. The van der Waals surface area contributed by atoms with E-state index in [1.54, 1.807) is 6.07 Å². The Kier molecular flexibility index (Phi) is 4.80. The van der Waals surface area contributed by atoms with Gasteiger partial charge in [0.15, 0.2) is 0 Å². The topological polar surface area (TPSA) is 88.8 Å². The predicted octanol–water partition coefficient (Wildman–Crippen LogP) is 1.19. The third-order valence-electron chi connectivity index (χ3n) is 1.94. The summed E-state index contributed by atoms with van der Waals surface area (Å²) in [6.07, 6.45) is 3.60. The van der Waals surface area contributed by atoms with Gasteiger partial charge in [-0.05, 0) is 11.6 Å². The van der Waals surface area contributed by atoms with Gasteiger partial charge in [-0.1, -0.05) is 12.7 Å². The minimum atomic E-state index is -1.14. The molecule has 92 valence electrons. The summed E-state index contributed by atoms with van der Waals surface area (Å²) in [5.74, 6) is -1.14. The van der Waals surface area contributed by atoms with Crippen molar-refractivity contribution in [2.24, 2.45) is 0 Å². The lowest BCUT2D eigenvalue weighted by molar-refractivity contribution is -0.139. The zero-order chi connectivity index (χ0) is 12.7. The van der Waals surface area contributed by atoms with Crippen molar-refractivity contribution in [3.63, 3.8) is 0 Å². The van der Waals surface area contributed by atoms with Gasteiger partial charge in [0, 0.05) is 6.42 Å². The van der Waals surface area contributed by atoms with E-state index in [-0.39, 0.29) is 13.0 Å². The number of carboxylic acids is 1. The second-order valence-corrected chi connectivity index (χ2v) is 3.26. The van der Waals surface area contributed by atoms with Gasteiger partial charge in [0.1, 0.15) is 12.6 Å². The Morgan fingerprint density at radius 2 is 2.41 bits per heavy atom. The van der Waals surface area contributed by atoms with Crippen LogP contribution in [0.3, 0.4) is 0 Å². The molecule has 0 aliphatic heterocycles. The van der Waals surface area contributed by atoms with Crippen molar-refractivity contribution in [2.75, 3.05) is 6.61 Å². The molecule has 1 amide bonds. The molecule has 6 heteroatoms. The highest BCUT2D eigenvalue weighted by Crippen LogP contribution is 2.04. The molecule has 1 atom stereocenters. The van der Waals surface area contributed by atoms with E-state index in [9.17, 15) is 9.59 Å². The lowest BCUT2D eigenvalue weighted by Crippen LogP contribution is -2.42. The molecule has 1 aromatic rings. The predicted molar refractivity (Wildman–Crippen MR) is 58.5 cm³/mol. The highest BCUT2D eigenvalue weighted by molar-refractivity contribution is 5.80. The number of carboxylic acid groups (broad SMARTS) is 1. The number of nitrogens with one attached hydrogen (secondary N) is 1. The maximum absolute atomic E-state index is 11.2. The zero-order valence-corrected chi connectivity index (χ0v) is 9.09. The van der Waals surface area contributed by atoms with E-state index < -0.39 is 18.1 Å². The van der Waals surface area contributed by atoms with Gasteiger partial charge in [-0.15, -0.1) is 0 Å². The molecule has 0 aliphatic rings. The van der Waals surface area contributed by atoms with Gasteiger partial charge in [0.25, 0.3) is 0 Å². The highest BCUT2D eigenvalue weighted by Gasteiger charge is 2.21. The molecule has 0 saturated heterocycles. The van der Waals surface area contributed by atoms with Gasteiger partial charge in [-0.25, -0.2) is 9.59 Å². The molecule has 0 spiro atoms. The highest BCUT2D eigenvalue weighted by atomic mass is 16.5. The van der Waals surface area contributed by atoms with Crippen LogP contribution in [-0.2, 0) is 16.0 Å². The third kappa shape index (κ3) is 4.42. The summed E-state index contributed by atoms with van der Waals surface area (Å²) >= 11 is 0. The average molecular weight is 239 g/mol. The van der Waals surface area contributed by atoms with E-state index in [0.717, 1.165) is 0 Å². The van der Waals surface area contributed by atoms with Gasteiger partial charge in [-0.3, -0.25) is 0 Å². The molecule has 0 radical (unpaired) electrons. The Morgan fingerprint density at radius 3 is 2.94 bits per heavy atom. The van der Waals surface area contributed by atoms with Crippen molar-refractivity contribution in [1.29, 1.82) is 0 Å². The Morgan fingerprint density at radius 1 is 1.65 bits per heavy atom. The van der Waals surface area contributed by atoms with Gasteiger partial charge >= 0.3 is 12.1 Å². The average Bonchev–Trinajstić information content (AvgIpc) is 2.78. The summed E-state index contributed by atoms with van der Waals surface area (Å²) in [6, 6.07) is 0.581. The normalized spacial score (nSPS) is 11.5. The first-order valence-corrected chi connectivity index (χ1v) is 4.91. The molecule has 0 aromatic carbocycles. The minimum absolute atomic E-state index is 0.0316. The fraction of sp³-hybridized carbons (Fsp3) is 0.273. The van der Waals surface area contributed by atoms with Crippen LogP contribution >= 0.6 is 0 Å². The van der Waals surface area contributed by atoms with Crippen LogP contribution in [0.25, 0.3) is 0 Å². The summed E-state index contributed by atoms with van der Waals surface area (Å²) in [4.78, 5) is 22.1. The SMILES string of the molecule is C=CCOC(=O)NC(Cc1ccoc1)C(=O)O. The lowest BCUT2D eigenvalue weighted by atomic mass is 10.1. The molecule has 1 aromatic heterocycles. The number of rotatable bonds is 6. The fourth-order valence-corrected chi connectivity index (χ4v) is 1.16. The van der Waals surface area contributed by atoms with E-state index in [4.69, 9.17) is 9.52 Å². The third-order valence-corrected chi connectivity index (χ3v) is 1.94. The summed E-state index contributed by atoms with van der Waals surface area (Å²) in [5.41, 5.74) is 0.682. The molecule has 1 heterocycles. The Bertz CT molecular complexity index is 385. The zero-order valence-electron chi connectivity index (χ0n) is 9.09. The van der Waals surface area contributed by atoms with Crippen molar-refractivity contribution in [3.05, 3.63) is 36.8 Å². The second kappa shape index (κ2) is 6.37. The molecule has 1 unspecified atom stereocenters. The molecule has 17 heavy (non-hydrogen) atoms. The largest absolute Gasteiger partial charge is 0.480 e. The van der Waals surface area contributed by atoms with Crippen LogP contribution in [0.4, 0.5) is 4.79 Å². The quantitative estimate of drug-likeness (QED) is 0.728. The van der Waals surface area contributed by atoms with E-state index >= 15 is 0 Å². The Hall–Kier alpha value is -2.24. The number of ether oxygens (including phenoxy) is 1. The maximum Gasteiger partial charge on any atom is 0.408 e. The summed E-state index contributed by atoms with van der Waals surface area (Å²) in [6.45, 7) is 3.41. The standard InChI is InChI=1S/C11H13NO5/c1-2-4-17-11(15)12-9(10(13)14)6-8-3-5-16-7-8/h2-3,5,7,9H,1,4,6H2,(H,12,15)(H,13,14). The first-order chi connectivity index (χ1) is 8.13. The van der Waals surface area contributed by atoms with Crippen molar-refractivity contribution < 1.29 is 23.8 Å². The summed E-state index contributed by atoms with van der Waals surface area (Å²) < 4.78 is 9.45. The van der Waals surface area contributed by atoms with Crippen LogP contribution in [0.1, 0.15) is 5.56 Å². The molecule has 0 fully saturated rings. The molecule has 0 saturated carbocycles. The maximum atomic E-state index is 11.2. The van der Waals surface area contributed by atoms with Crippen LogP contribution in [0, 0.1) is 0 Å². The van der Waals surface area contributed by atoms with Crippen LogP contribution in [-0.4, -0.2) is 29.8 Å². The number of carbonyl (C=O) groups excluding carboxylic acids is 1. The van der Waals surface area contributed by atoms with Crippen molar-refractivity contribution in [3.8, 4) is 0 Å². The monoisotopic (exact) mass is 239 g/mol. The van der Waals surface area contributed by atoms with Gasteiger partial charge < -0.3 is 19.6 Å². The molecule has 1 rings (SSSR count). The van der Waals surface area contributed by atoms with Crippen LogP contribution in [0.15, 0.2) is 35.7 Å². The van der Waals surface area contributed by atoms with Crippen LogP contribution in [0.2, 0.25) is 0 Å². The van der Waals surface area contributed by atoms with Gasteiger partial charge in [0.2, 0.25) is 0 Å². The summed E-state index contributed by atoms with van der Waals surface area (Å²) in [7, 11) is 0. The Balaban J connectivity index is 2.51. The van der Waals surface area contributed by atoms with Crippen LogP contribution < -0.4 is 5.32 Å². The van der Waals surface area contributed by atoms with Crippen molar-refractivity contribution in [2.45, 2.75) is 12.5 Å². The van der Waals surface area contributed by atoms with Gasteiger partial charge in [0.05, 0.1) is 12.5 Å². The molecular formula is C11H13NO5. The number of furan rings is 1. The van der Waals surface area contributed by atoms with Gasteiger partial charge in [-0.2, -0.15) is 0 Å². The van der Waals surface area contributed by atoms with E-state index in [0.29, 0.717) is 5.56 Å².